The molecule has 120 valence electrons. The number of methoxy groups -OCH3 is 1. The normalized spacial score (nSPS) is 12.8. The molecule has 1 atom stereocenters. The van der Waals surface area contributed by atoms with Gasteiger partial charge in [-0.15, -0.1) is 0 Å². The summed E-state index contributed by atoms with van der Waals surface area (Å²) >= 11 is 5.81. The van der Waals surface area contributed by atoms with E-state index in [0.29, 0.717) is 22.0 Å². The zero-order valence-corrected chi connectivity index (χ0v) is 14.3. The number of hydrogen-bond acceptors (Lipinski definition) is 4. The molecule has 5 nitrogen and oxygen atoms in total. The van der Waals surface area contributed by atoms with E-state index in [1.807, 2.05) is 24.3 Å². The van der Waals surface area contributed by atoms with Gasteiger partial charge >= 0.3 is 0 Å². The summed E-state index contributed by atoms with van der Waals surface area (Å²) in [7, 11) is -1.11. The van der Waals surface area contributed by atoms with Crippen molar-refractivity contribution in [1.82, 2.24) is 9.71 Å². The third kappa shape index (κ3) is 4.38. The Morgan fingerprint density at radius 2 is 2.04 bits per heavy atom. The SMILES string of the molecule is COc1ccc(CC(c2ccc(Cl)nc2)=S(C)(=O)NC#N)cc1. The van der Waals surface area contributed by atoms with E-state index in [4.69, 9.17) is 21.6 Å². The zero-order valence-electron chi connectivity index (χ0n) is 12.7. The molecule has 23 heavy (non-hydrogen) atoms. The van der Waals surface area contributed by atoms with Crippen LogP contribution in [0.5, 0.6) is 5.75 Å². The Labute approximate surface area is 141 Å². The Morgan fingerprint density at radius 1 is 1.35 bits per heavy atom. The molecule has 0 aliphatic carbocycles. The van der Waals surface area contributed by atoms with Gasteiger partial charge in [-0.25, -0.2) is 13.9 Å². The number of nitriles is 1. The molecule has 0 saturated heterocycles. The smallest absolute Gasteiger partial charge is 0.188 e. The highest BCUT2D eigenvalue weighted by atomic mass is 35.5. The fourth-order valence-electron chi connectivity index (χ4n) is 2.08. The number of nitrogens with zero attached hydrogens (tertiary/aromatic N) is 2. The Kier molecular flexibility index (Phi) is 5.48. The van der Waals surface area contributed by atoms with Crippen LogP contribution in [-0.2, 0) is 16.1 Å². The van der Waals surface area contributed by atoms with Crippen molar-refractivity contribution in [2.45, 2.75) is 6.42 Å². The Morgan fingerprint density at radius 3 is 2.57 bits per heavy atom. The molecule has 1 N–H and O–H groups in total. The fourth-order valence-corrected chi connectivity index (χ4v) is 3.50. The van der Waals surface area contributed by atoms with E-state index in [9.17, 15) is 4.21 Å². The van der Waals surface area contributed by atoms with Crippen LogP contribution in [0.1, 0.15) is 11.1 Å². The van der Waals surface area contributed by atoms with Gasteiger partial charge in [-0.1, -0.05) is 23.7 Å². The lowest BCUT2D eigenvalue weighted by Crippen LogP contribution is -2.27. The summed E-state index contributed by atoms with van der Waals surface area (Å²) in [6, 6.07) is 10.8. The van der Waals surface area contributed by atoms with Gasteiger partial charge in [-0.05, 0) is 29.8 Å². The van der Waals surface area contributed by atoms with Gasteiger partial charge in [-0.3, -0.25) is 0 Å². The standard InChI is InChI=1S/C16H16ClN3O2S/c1-22-14-6-3-12(4-7-14)9-15(23(2,21)20-11-18)13-5-8-16(17)19-10-13/h3-8,10H,9H2,1-2H3,(H,20,21). The van der Waals surface area contributed by atoms with Crippen LogP contribution < -0.4 is 9.46 Å². The third-order valence-corrected chi connectivity index (χ3v) is 5.31. The van der Waals surface area contributed by atoms with Crippen LogP contribution in [-0.4, -0.2) is 27.4 Å². The molecule has 0 spiro atoms. The maximum Gasteiger partial charge on any atom is 0.188 e. The molecule has 1 heterocycles. The molecule has 0 fully saturated rings. The monoisotopic (exact) mass is 349 g/mol. The number of nitrogens with one attached hydrogen (secondary N) is 1. The van der Waals surface area contributed by atoms with E-state index >= 15 is 0 Å². The van der Waals surface area contributed by atoms with E-state index in [2.05, 4.69) is 9.71 Å². The molecule has 0 aliphatic heterocycles. The second kappa shape index (κ2) is 7.36. The first-order valence-corrected chi connectivity index (χ1v) is 9.06. The first kappa shape index (κ1) is 17.1. The number of hydrogen-bond donors (Lipinski definition) is 1. The maximum absolute atomic E-state index is 12.8. The summed E-state index contributed by atoms with van der Waals surface area (Å²) in [4.78, 5) is 4.62. The average Bonchev–Trinajstić information content (AvgIpc) is 2.54. The van der Waals surface area contributed by atoms with Gasteiger partial charge < -0.3 is 4.74 Å². The number of pyridine rings is 1. The van der Waals surface area contributed by atoms with Crippen LogP contribution in [0.2, 0.25) is 5.15 Å². The summed E-state index contributed by atoms with van der Waals surface area (Å²) in [5, 5.41) is 9.22. The first-order valence-electron chi connectivity index (χ1n) is 6.72. The minimum absolute atomic E-state index is 0.355. The van der Waals surface area contributed by atoms with Crippen molar-refractivity contribution in [2.75, 3.05) is 13.4 Å². The van der Waals surface area contributed by atoms with Crippen molar-refractivity contribution in [2.24, 2.45) is 0 Å². The lowest BCUT2D eigenvalue weighted by Gasteiger charge is -2.14. The summed E-state index contributed by atoms with van der Waals surface area (Å²) in [6.07, 6.45) is 5.24. The van der Waals surface area contributed by atoms with Gasteiger partial charge in [-0.2, -0.15) is 5.26 Å². The zero-order chi connectivity index (χ0) is 16.9. The molecule has 1 aromatic heterocycles. The molecule has 0 aliphatic rings. The van der Waals surface area contributed by atoms with E-state index < -0.39 is 9.71 Å². The molecule has 0 saturated carbocycles. The molecule has 2 aromatic rings. The Hall–Kier alpha value is -2.23. The summed E-state index contributed by atoms with van der Waals surface area (Å²) in [5.41, 5.74) is 1.63. The lowest BCUT2D eigenvalue weighted by molar-refractivity contribution is 0.414. The highest BCUT2D eigenvalue weighted by molar-refractivity contribution is 8.00. The number of aromatic nitrogens is 1. The Bertz CT molecular complexity index is 833. The first-order chi connectivity index (χ1) is 11.0. The predicted octanol–water partition coefficient (Wildman–Crippen LogP) is 2.41. The van der Waals surface area contributed by atoms with Gasteiger partial charge in [0.2, 0.25) is 0 Å². The molecule has 7 heteroatoms. The minimum atomic E-state index is -2.71. The topological polar surface area (TPSA) is 75.0 Å². The molecule has 2 rings (SSSR count). The molecular formula is C16H16ClN3O2S. The molecule has 1 unspecified atom stereocenters. The van der Waals surface area contributed by atoms with Crippen LogP contribution in [0, 0.1) is 11.5 Å². The number of rotatable bonds is 5. The summed E-state index contributed by atoms with van der Waals surface area (Å²) in [5.74, 6) is 0.746. The van der Waals surface area contributed by atoms with Gasteiger partial charge in [0.1, 0.15) is 10.9 Å². The van der Waals surface area contributed by atoms with Crippen molar-refractivity contribution >= 4 is 26.2 Å². The average molecular weight is 350 g/mol. The van der Waals surface area contributed by atoms with Gasteiger partial charge in [0, 0.05) is 29.3 Å². The fraction of sp³-hybridized carbons (Fsp3) is 0.188. The quantitative estimate of drug-likeness (QED) is 0.296. The van der Waals surface area contributed by atoms with Crippen LogP contribution in [0.25, 0.3) is 0 Å². The maximum atomic E-state index is 12.8. The van der Waals surface area contributed by atoms with Crippen LogP contribution in [0.4, 0.5) is 0 Å². The van der Waals surface area contributed by atoms with E-state index in [1.54, 1.807) is 31.6 Å². The highest BCUT2D eigenvalue weighted by Gasteiger charge is 2.14. The van der Waals surface area contributed by atoms with E-state index in [1.165, 1.54) is 6.26 Å². The van der Waals surface area contributed by atoms with Gasteiger partial charge in [0.25, 0.3) is 0 Å². The second-order valence-corrected chi connectivity index (χ2v) is 7.65. The van der Waals surface area contributed by atoms with E-state index in [-0.39, 0.29) is 0 Å². The van der Waals surface area contributed by atoms with Crippen molar-refractivity contribution in [3.63, 3.8) is 0 Å². The van der Waals surface area contributed by atoms with Gasteiger partial charge in [0.15, 0.2) is 6.19 Å². The van der Waals surface area contributed by atoms with Gasteiger partial charge in [0.05, 0.1) is 16.8 Å². The number of benzene rings is 1. The van der Waals surface area contributed by atoms with Crippen molar-refractivity contribution in [3.8, 4) is 11.9 Å². The molecule has 0 radical (unpaired) electrons. The number of halogens is 1. The lowest BCUT2D eigenvalue weighted by atomic mass is 10.1. The molecule has 1 aromatic carbocycles. The minimum Gasteiger partial charge on any atom is -0.497 e. The Balaban J connectivity index is 2.48. The largest absolute Gasteiger partial charge is 0.497 e. The van der Waals surface area contributed by atoms with Crippen LogP contribution in [0.3, 0.4) is 0 Å². The highest BCUT2D eigenvalue weighted by Crippen LogP contribution is 2.16. The number of ether oxygens (including phenoxy) is 1. The van der Waals surface area contributed by atoms with Crippen LogP contribution in [0.15, 0.2) is 42.6 Å². The van der Waals surface area contributed by atoms with Crippen molar-refractivity contribution in [3.05, 3.63) is 58.9 Å². The molecular weight excluding hydrogens is 334 g/mol. The summed E-state index contributed by atoms with van der Waals surface area (Å²) < 4.78 is 20.4. The van der Waals surface area contributed by atoms with E-state index in [0.717, 1.165) is 11.3 Å². The van der Waals surface area contributed by atoms with Crippen LogP contribution >= 0.6 is 11.6 Å². The van der Waals surface area contributed by atoms with Crippen molar-refractivity contribution < 1.29 is 8.95 Å². The predicted molar refractivity (Wildman–Crippen MR) is 92.9 cm³/mol. The third-order valence-electron chi connectivity index (χ3n) is 3.28. The summed E-state index contributed by atoms with van der Waals surface area (Å²) in [6.45, 7) is 0. The molecule has 0 amide bonds. The second-order valence-electron chi connectivity index (χ2n) is 4.88. The van der Waals surface area contributed by atoms with Crippen molar-refractivity contribution in [1.29, 1.82) is 5.26 Å². The molecule has 0 bridgehead atoms.